The van der Waals surface area contributed by atoms with Gasteiger partial charge in [0.15, 0.2) is 0 Å². The Bertz CT molecular complexity index is 59.3. The van der Waals surface area contributed by atoms with Gasteiger partial charge >= 0.3 is 0 Å². The highest BCUT2D eigenvalue weighted by molar-refractivity contribution is 4.55. The lowest BCUT2D eigenvalue weighted by molar-refractivity contribution is 0.727. The van der Waals surface area contributed by atoms with Crippen LogP contribution in [-0.4, -0.2) is 19.6 Å². The van der Waals surface area contributed by atoms with Gasteiger partial charge in [-0.3, -0.25) is 0 Å². The molecule has 2 heteroatoms. The van der Waals surface area contributed by atoms with E-state index in [2.05, 4.69) is 25.4 Å². The Hall–Kier alpha value is -0.340. The van der Waals surface area contributed by atoms with Crippen molar-refractivity contribution in [1.82, 2.24) is 5.32 Å². The molecule has 0 aliphatic carbocycles. The van der Waals surface area contributed by atoms with Crippen LogP contribution in [-0.2, 0) is 0 Å². The third-order valence-corrected chi connectivity index (χ3v) is 1.76. The van der Waals surface area contributed by atoms with E-state index < -0.39 is 0 Å². The molecule has 1 heterocycles. The van der Waals surface area contributed by atoms with E-state index in [0.29, 0.717) is 0 Å². The van der Waals surface area contributed by atoms with Gasteiger partial charge in [-0.2, -0.15) is 0 Å². The summed E-state index contributed by atoms with van der Waals surface area (Å²) in [4.78, 5) is 0. The van der Waals surface area contributed by atoms with E-state index in [1.807, 2.05) is 13.8 Å². The first-order chi connectivity index (χ1) is 7.41. The Labute approximate surface area is 97.3 Å². The van der Waals surface area contributed by atoms with Crippen LogP contribution >= 0.6 is 0 Å². The maximum Gasteiger partial charge on any atom is -0.00484 e. The third-order valence-electron chi connectivity index (χ3n) is 1.76. The molecular weight excluding hydrogens is 184 g/mol. The molecule has 0 aromatic heterocycles. The summed E-state index contributed by atoms with van der Waals surface area (Å²) in [7, 11) is 0. The monoisotopic (exact) mass is 216 g/mol. The zero-order valence-electron chi connectivity index (χ0n) is 11.1. The highest BCUT2D eigenvalue weighted by Crippen LogP contribution is 1.90. The lowest BCUT2D eigenvalue weighted by Gasteiger charge is -1.86. The molecule has 0 unspecified atom stereocenters. The minimum atomic E-state index is 0.855. The number of hydrogen-bond donors (Lipinski definition) is 2. The molecule has 0 radical (unpaired) electrons. The maximum atomic E-state index is 5.21. The molecule has 94 valence electrons. The summed E-state index contributed by atoms with van der Waals surface area (Å²) in [6.07, 6.45) is 6.53. The van der Waals surface area contributed by atoms with Gasteiger partial charge in [-0.25, -0.2) is 0 Å². The number of nitrogens with one attached hydrogen (secondary N) is 1. The summed E-state index contributed by atoms with van der Waals surface area (Å²) in [5, 5.41) is 3.22. The van der Waals surface area contributed by atoms with E-state index in [1.54, 1.807) is 0 Å². The number of rotatable bonds is 3. The molecule has 0 aromatic rings. The zero-order valence-corrected chi connectivity index (χ0v) is 11.1. The Morgan fingerprint density at radius 1 is 1.07 bits per heavy atom. The van der Waals surface area contributed by atoms with Crippen LogP contribution < -0.4 is 11.1 Å². The van der Waals surface area contributed by atoms with Gasteiger partial charge in [0.05, 0.1) is 0 Å². The van der Waals surface area contributed by atoms with Crippen LogP contribution in [0, 0.1) is 0 Å². The number of unbranched alkanes of at least 4 members (excludes halogenated alkanes) is 2. The fraction of sp³-hybridized carbons (Fsp3) is 0.846. The van der Waals surface area contributed by atoms with Crippen molar-refractivity contribution in [3.05, 3.63) is 13.2 Å². The SMILES string of the molecule is C1CCNC1.C=C.CC.CCCCCN. The van der Waals surface area contributed by atoms with Gasteiger partial charge < -0.3 is 11.1 Å². The smallest absolute Gasteiger partial charge is 0.00484 e. The molecule has 0 amide bonds. The molecule has 0 spiro atoms. The van der Waals surface area contributed by atoms with E-state index in [0.717, 1.165) is 6.54 Å². The molecule has 1 aliphatic heterocycles. The molecule has 1 rings (SSSR count). The number of hydrogen-bond acceptors (Lipinski definition) is 2. The van der Waals surface area contributed by atoms with Crippen LogP contribution in [0.3, 0.4) is 0 Å². The minimum absolute atomic E-state index is 0.855. The Kier molecular flexibility index (Phi) is 39.2. The second kappa shape index (κ2) is 29.2. The molecule has 0 aromatic carbocycles. The van der Waals surface area contributed by atoms with Crippen LogP contribution in [0.2, 0.25) is 0 Å². The average molecular weight is 216 g/mol. The van der Waals surface area contributed by atoms with E-state index >= 15 is 0 Å². The summed E-state index contributed by atoms with van der Waals surface area (Å²) in [6.45, 7) is 15.5. The molecule has 1 fully saturated rings. The Balaban J connectivity index is -0.000000145. The van der Waals surface area contributed by atoms with E-state index in [-0.39, 0.29) is 0 Å². The third kappa shape index (κ3) is 31.7. The largest absolute Gasteiger partial charge is 0.330 e. The van der Waals surface area contributed by atoms with Gasteiger partial charge in [-0.05, 0) is 38.9 Å². The Morgan fingerprint density at radius 2 is 1.53 bits per heavy atom. The zero-order chi connectivity index (χ0) is 12.4. The van der Waals surface area contributed by atoms with Crippen molar-refractivity contribution in [1.29, 1.82) is 0 Å². The average Bonchev–Trinajstić information content (AvgIpc) is 2.90. The molecule has 3 N–H and O–H groups in total. The van der Waals surface area contributed by atoms with Gasteiger partial charge in [-0.1, -0.05) is 33.6 Å². The molecular formula is C13H32N2. The molecule has 0 atom stereocenters. The second-order valence-electron chi connectivity index (χ2n) is 2.95. The number of nitrogens with two attached hydrogens (primary N) is 1. The van der Waals surface area contributed by atoms with Gasteiger partial charge in [0.25, 0.3) is 0 Å². The van der Waals surface area contributed by atoms with E-state index in [9.17, 15) is 0 Å². The molecule has 2 nitrogen and oxygen atoms in total. The van der Waals surface area contributed by atoms with Crippen molar-refractivity contribution in [3.8, 4) is 0 Å². The van der Waals surface area contributed by atoms with Crippen molar-refractivity contribution >= 4 is 0 Å². The van der Waals surface area contributed by atoms with Crippen molar-refractivity contribution in [2.75, 3.05) is 19.6 Å². The second-order valence-corrected chi connectivity index (χ2v) is 2.95. The first kappa shape index (κ1) is 20.1. The van der Waals surface area contributed by atoms with Crippen molar-refractivity contribution < 1.29 is 0 Å². The van der Waals surface area contributed by atoms with Crippen LogP contribution in [0.15, 0.2) is 13.2 Å². The normalized spacial score (nSPS) is 12.3. The summed E-state index contributed by atoms with van der Waals surface area (Å²) in [5.41, 5.74) is 5.21. The fourth-order valence-electron chi connectivity index (χ4n) is 1.02. The minimum Gasteiger partial charge on any atom is -0.330 e. The first-order valence-electron chi connectivity index (χ1n) is 6.32. The summed E-state index contributed by atoms with van der Waals surface area (Å²) >= 11 is 0. The van der Waals surface area contributed by atoms with E-state index in [1.165, 1.54) is 45.2 Å². The lowest BCUT2D eigenvalue weighted by Crippen LogP contribution is -2.03. The van der Waals surface area contributed by atoms with Crippen LogP contribution in [0.5, 0.6) is 0 Å². The highest BCUT2D eigenvalue weighted by atomic mass is 14.9. The predicted octanol–water partition coefficient (Wildman–Crippen LogP) is 3.33. The predicted molar refractivity (Wildman–Crippen MR) is 73.3 cm³/mol. The van der Waals surface area contributed by atoms with Gasteiger partial charge in [0.1, 0.15) is 0 Å². The topological polar surface area (TPSA) is 38.0 Å². The first-order valence-corrected chi connectivity index (χ1v) is 6.32. The van der Waals surface area contributed by atoms with Gasteiger partial charge in [-0.15, -0.1) is 13.2 Å². The quantitative estimate of drug-likeness (QED) is 0.561. The molecule has 0 saturated carbocycles. The van der Waals surface area contributed by atoms with Crippen LogP contribution in [0.1, 0.15) is 52.9 Å². The molecule has 1 saturated heterocycles. The van der Waals surface area contributed by atoms with Gasteiger partial charge in [0, 0.05) is 0 Å². The Morgan fingerprint density at radius 3 is 1.67 bits per heavy atom. The molecule has 0 bridgehead atoms. The van der Waals surface area contributed by atoms with Crippen LogP contribution in [0.25, 0.3) is 0 Å². The van der Waals surface area contributed by atoms with Crippen molar-refractivity contribution in [2.24, 2.45) is 5.73 Å². The lowest BCUT2D eigenvalue weighted by atomic mass is 10.3. The fourth-order valence-corrected chi connectivity index (χ4v) is 1.02. The summed E-state index contributed by atoms with van der Waals surface area (Å²) in [5.74, 6) is 0. The molecule has 15 heavy (non-hydrogen) atoms. The van der Waals surface area contributed by atoms with Crippen molar-refractivity contribution in [3.63, 3.8) is 0 Å². The van der Waals surface area contributed by atoms with E-state index in [4.69, 9.17) is 5.73 Å². The summed E-state index contributed by atoms with van der Waals surface area (Å²) in [6, 6.07) is 0. The summed E-state index contributed by atoms with van der Waals surface area (Å²) < 4.78 is 0. The van der Waals surface area contributed by atoms with Crippen LogP contribution in [0.4, 0.5) is 0 Å². The van der Waals surface area contributed by atoms with Gasteiger partial charge in [0.2, 0.25) is 0 Å². The van der Waals surface area contributed by atoms with Crippen molar-refractivity contribution in [2.45, 2.75) is 52.9 Å². The highest BCUT2D eigenvalue weighted by Gasteiger charge is 1.93. The maximum absolute atomic E-state index is 5.21. The standard InChI is InChI=1S/C5H13N.C4H9N.C2H6.C2H4/c1-2-3-4-5-6;1-2-4-5-3-1;2*1-2/h2-6H2,1H3;5H,1-4H2;1-2H3;1-2H2. The molecule has 1 aliphatic rings.